The van der Waals surface area contributed by atoms with E-state index in [1.807, 2.05) is 13.8 Å². The molecule has 15 heteroatoms. The third-order valence-corrected chi connectivity index (χ3v) is 15.9. The van der Waals surface area contributed by atoms with Gasteiger partial charge in [-0.25, -0.2) is 4.79 Å². The van der Waals surface area contributed by atoms with Gasteiger partial charge in [-0.2, -0.15) is 0 Å². The number of cyclic esters (lactones) is 1. The highest BCUT2D eigenvalue weighted by Crippen LogP contribution is 2.70. The highest BCUT2D eigenvalue weighted by molar-refractivity contribution is 5.85. The lowest BCUT2D eigenvalue weighted by Crippen LogP contribution is -2.67. The van der Waals surface area contributed by atoms with Crippen molar-refractivity contribution in [3.05, 3.63) is 11.6 Å². The van der Waals surface area contributed by atoms with Crippen LogP contribution in [0.2, 0.25) is 0 Å². The fraction of sp³-hybridized carbons (Fsp3) is 0.927. The van der Waals surface area contributed by atoms with Crippen LogP contribution in [0.3, 0.4) is 0 Å². The number of ether oxygens (including phenoxy) is 7. The largest absolute Gasteiger partial charge is 0.458 e. The molecule has 3 saturated heterocycles. The van der Waals surface area contributed by atoms with Gasteiger partial charge in [0.15, 0.2) is 18.9 Å². The second-order valence-electron chi connectivity index (χ2n) is 19.0. The summed E-state index contributed by atoms with van der Waals surface area (Å²) in [6.45, 7) is 9.48. The van der Waals surface area contributed by atoms with Crippen LogP contribution in [0, 0.1) is 34.5 Å². The molecule has 0 radical (unpaired) electrons. The summed E-state index contributed by atoms with van der Waals surface area (Å²) in [5.74, 6) is -0.755. The van der Waals surface area contributed by atoms with E-state index in [1.54, 1.807) is 13.8 Å². The average Bonchev–Trinajstić information content (AvgIpc) is 3.64. The van der Waals surface area contributed by atoms with Gasteiger partial charge < -0.3 is 68.9 Å². The van der Waals surface area contributed by atoms with Gasteiger partial charge in [-0.3, -0.25) is 0 Å². The molecule has 1 unspecified atom stereocenters. The van der Waals surface area contributed by atoms with Crippen molar-refractivity contribution in [3.63, 3.8) is 0 Å². The van der Waals surface area contributed by atoms with E-state index in [1.165, 1.54) is 6.08 Å². The Labute approximate surface area is 328 Å². The highest BCUT2D eigenvalue weighted by atomic mass is 16.7. The topological polar surface area (TPSA) is 223 Å². The number of fused-ring (bicyclic) bond motifs is 5. The van der Waals surface area contributed by atoms with E-state index < -0.39 is 109 Å². The van der Waals surface area contributed by atoms with Crippen molar-refractivity contribution < 1.29 is 73.7 Å². The number of hydrogen-bond donors (Lipinski definition) is 7. The van der Waals surface area contributed by atoms with E-state index in [2.05, 4.69) is 6.92 Å². The molecule has 0 aromatic heterocycles. The molecule has 0 spiro atoms. The van der Waals surface area contributed by atoms with E-state index in [4.69, 9.17) is 33.2 Å². The minimum atomic E-state index is -1.29. The molecule has 318 valence electrons. The molecule has 7 N–H and O–H groups in total. The van der Waals surface area contributed by atoms with Gasteiger partial charge in [-0.1, -0.05) is 13.8 Å². The van der Waals surface area contributed by atoms with Gasteiger partial charge in [0.05, 0.1) is 60.5 Å². The lowest BCUT2D eigenvalue weighted by atomic mass is 9.42. The van der Waals surface area contributed by atoms with Crippen molar-refractivity contribution in [2.45, 2.75) is 197 Å². The van der Waals surface area contributed by atoms with Crippen LogP contribution in [-0.4, -0.2) is 146 Å². The standard InChI is InChI=1S/C41H64O15/c1-18-36(48)26(42)13-33(51-18)55-38-20(3)53-34(15-28(38)44)56-37-19(2)52-32(14-27(37)43)54-23-8-9-39(4)22(11-23)6-7-24-25(39)12-30(46)40(5)35(21-10-31(47)50-17-21)29(45)16-41(24,40)49/h10,18-20,22-30,32-38,42-46,48-49H,6-9,11-17H2,1-5H3/t18-,19?,20-,22-,23+,24-,25+,26+,27+,28+,29+,30-,32+,33+,34+,35+,36-,37-,38-,39+,40-,41+/m1/s1. The average molecular weight is 797 g/mol. The van der Waals surface area contributed by atoms with Gasteiger partial charge in [0.1, 0.15) is 24.9 Å². The molecule has 0 bridgehead atoms. The molecule has 8 aliphatic rings. The number of hydrogen-bond acceptors (Lipinski definition) is 15. The number of rotatable bonds is 7. The summed E-state index contributed by atoms with van der Waals surface area (Å²) in [6, 6.07) is 0. The molecule has 4 aliphatic heterocycles. The van der Waals surface area contributed by atoms with Gasteiger partial charge in [-0.05, 0) is 88.0 Å². The summed E-state index contributed by atoms with van der Waals surface area (Å²) < 4.78 is 42.0. The van der Waals surface area contributed by atoms with Crippen LogP contribution >= 0.6 is 0 Å². The minimum Gasteiger partial charge on any atom is -0.458 e. The van der Waals surface area contributed by atoms with Crippen LogP contribution in [0.4, 0.5) is 0 Å². The molecule has 0 aromatic carbocycles. The maximum Gasteiger partial charge on any atom is 0.331 e. The van der Waals surface area contributed by atoms with E-state index >= 15 is 0 Å². The van der Waals surface area contributed by atoms with E-state index in [0.29, 0.717) is 17.9 Å². The van der Waals surface area contributed by atoms with Crippen LogP contribution in [0.5, 0.6) is 0 Å². The maximum absolute atomic E-state index is 12.6. The Morgan fingerprint density at radius 3 is 1.86 bits per heavy atom. The first-order chi connectivity index (χ1) is 26.4. The normalized spacial score (nSPS) is 56.1. The Bertz CT molecular complexity index is 1440. The fourth-order valence-electron chi connectivity index (χ4n) is 12.8. The van der Waals surface area contributed by atoms with Crippen molar-refractivity contribution in [1.82, 2.24) is 0 Å². The molecule has 4 heterocycles. The number of aliphatic hydroxyl groups excluding tert-OH is 6. The Balaban J connectivity index is 0.845. The highest BCUT2D eigenvalue weighted by Gasteiger charge is 2.73. The van der Waals surface area contributed by atoms with Crippen molar-refractivity contribution in [2.24, 2.45) is 34.5 Å². The number of aliphatic hydroxyl groups is 7. The van der Waals surface area contributed by atoms with E-state index in [0.717, 1.165) is 32.1 Å². The van der Waals surface area contributed by atoms with Gasteiger partial charge in [0.2, 0.25) is 0 Å². The molecular formula is C41H64O15. The lowest BCUT2D eigenvalue weighted by molar-refractivity contribution is -0.336. The summed E-state index contributed by atoms with van der Waals surface area (Å²) in [5, 5.41) is 78.2. The first kappa shape index (κ1) is 41.4. The van der Waals surface area contributed by atoms with Gasteiger partial charge in [-0.15, -0.1) is 0 Å². The van der Waals surface area contributed by atoms with Crippen molar-refractivity contribution >= 4 is 5.97 Å². The van der Waals surface area contributed by atoms with Gasteiger partial charge in [0, 0.05) is 43.1 Å². The number of carbonyl (C=O) groups is 1. The Kier molecular flexibility index (Phi) is 11.3. The van der Waals surface area contributed by atoms with Crippen molar-refractivity contribution in [3.8, 4) is 0 Å². The minimum absolute atomic E-state index is 0.0543. The summed E-state index contributed by atoms with van der Waals surface area (Å²) >= 11 is 0. The second kappa shape index (κ2) is 15.3. The van der Waals surface area contributed by atoms with Crippen LogP contribution in [-0.2, 0) is 38.0 Å². The zero-order chi connectivity index (χ0) is 40.1. The zero-order valence-electron chi connectivity index (χ0n) is 33.2. The smallest absolute Gasteiger partial charge is 0.331 e. The number of esters is 1. The van der Waals surface area contributed by atoms with Gasteiger partial charge in [0.25, 0.3) is 0 Å². The second-order valence-corrected chi connectivity index (χ2v) is 19.0. The molecule has 4 aliphatic carbocycles. The molecular weight excluding hydrogens is 732 g/mol. The first-order valence-corrected chi connectivity index (χ1v) is 21.0. The first-order valence-electron chi connectivity index (χ1n) is 21.0. The SMILES string of the molecule is CC1O[C@@H](O[C@H]2CC[C@@]3(C)[C@H](CC[C@@H]4[C@@H]3C[C@@H](O)[C@]3(C)[C@@H](C5=CC(=O)OC5)[C@@H](O)C[C@]43O)C2)C[C@H](O)[C@@H]1O[C@H]1C[C@H](O)[C@H](O[C@H]2C[C@H](O)[C@H](O)[C@@H](C)O2)[C@@H](C)O1. The molecule has 0 aromatic rings. The molecule has 7 fully saturated rings. The summed E-state index contributed by atoms with van der Waals surface area (Å²) in [5.41, 5.74) is -1.79. The summed E-state index contributed by atoms with van der Waals surface area (Å²) in [6.07, 6.45) is -4.69. The predicted octanol–water partition coefficient (Wildman–Crippen LogP) is 1.19. The van der Waals surface area contributed by atoms with E-state index in [9.17, 15) is 40.5 Å². The monoisotopic (exact) mass is 796 g/mol. The molecule has 56 heavy (non-hydrogen) atoms. The van der Waals surface area contributed by atoms with Crippen molar-refractivity contribution in [1.29, 1.82) is 0 Å². The predicted molar refractivity (Wildman–Crippen MR) is 194 cm³/mol. The van der Waals surface area contributed by atoms with Crippen LogP contribution < -0.4 is 0 Å². The Morgan fingerprint density at radius 2 is 1.29 bits per heavy atom. The number of carbonyl (C=O) groups excluding carboxylic acids is 1. The molecule has 0 amide bonds. The summed E-state index contributed by atoms with van der Waals surface area (Å²) in [7, 11) is 0. The van der Waals surface area contributed by atoms with Crippen molar-refractivity contribution in [2.75, 3.05) is 6.61 Å². The molecule has 15 nitrogen and oxygen atoms in total. The maximum atomic E-state index is 12.6. The third kappa shape index (κ3) is 6.91. The Morgan fingerprint density at radius 1 is 0.696 bits per heavy atom. The zero-order valence-corrected chi connectivity index (χ0v) is 33.2. The van der Waals surface area contributed by atoms with Gasteiger partial charge >= 0.3 is 5.97 Å². The lowest BCUT2D eigenvalue weighted by Gasteiger charge is -2.65. The van der Waals surface area contributed by atoms with Crippen LogP contribution in [0.15, 0.2) is 11.6 Å². The molecule has 4 saturated carbocycles. The molecule has 8 rings (SSSR count). The third-order valence-electron chi connectivity index (χ3n) is 15.9. The van der Waals surface area contributed by atoms with Crippen LogP contribution in [0.25, 0.3) is 0 Å². The molecule has 22 atom stereocenters. The fourth-order valence-corrected chi connectivity index (χ4v) is 12.8. The summed E-state index contributed by atoms with van der Waals surface area (Å²) in [4.78, 5) is 12.0. The Hall–Kier alpha value is -1.31. The quantitative estimate of drug-likeness (QED) is 0.142. The van der Waals surface area contributed by atoms with E-state index in [-0.39, 0.29) is 55.6 Å². The van der Waals surface area contributed by atoms with Crippen LogP contribution in [0.1, 0.15) is 98.8 Å².